The van der Waals surface area contributed by atoms with Gasteiger partial charge in [-0.1, -0.05) is 60.7 Å². The minimum atomic E-state index is -0.790. The molecule has 1 fully saturated rings. The van der Waals surface area contributed by atoms with Gasteiger partial charge >= 0.3 is 0 Å². The second-order valence-electron chi connectivity index (χ2n) is 7.65. The van der Waals surface area contributed by atoms with E-state index in [9.17, 15) is 4.79 Å². The third-order valence-corrected chi connectivity index (χ3v) is 5.78. The molecule has 1 aliphatic rings. The summed E-state index contributed by atoms with van der Waals surface area (Å²) >= 11 is 0. The molecule has 2 aromatic rings. The van der Waals surface area contributed by atoms with Crippen molar-refractivity contribution >= 4 is 5.91 Å². The first-order valence-electron chi connectivity index (χ1n) is 9.13. The molecule has 1 saturated heterocycles. The Labute approximate surface area is 150 Å². The summed E-state index contributed by atoms with van der Waals surface area (Å²) in [4.78, 5) is 15.3. The van der Waals surface area contributed by atoms with Gasteiger partial charge in [0.2, 0.25) is 5.91 Å². The Morgan fingerprint density at radius 1 is 1.04 bits per heavy atom. The maximum Gasteiger partial charge on any atom is 0.232 e. The molecule has 0 aromatic heterocycles. The number of nitrogens with two attached hydrogens (primary N) is 1. The molecule has 0 bridgehead atoms. The maximum atomic E-state index is 12.8. The Kier molecular flexibility index (Phi) is 4.96. The number of carbonyl (C=O) groups excluding carboxylic acids is 1. The Morgan fingerprint density at radius 3 is 1.96 bits per heavy atom. The van der Waals surface area contributed by atoms with E-state index in [1.807, 2.05) is 60.7 Å². The quantitative estimate of drug-likeness (QED) is 0.874. The van der Waals surface area contributed by atoms with E-state index in [-0.39, 0.29) is 11.4 Å². The van der Waals surface area contributed by atoms with Crippen LogP contribution in [0.5, 0.6) is 0 Å². The van der Waals surface area contributed by atoms with Crippen molar-refractivity contribution in [2.24, 2.45) is 5.73 Å². The van der Waals surface area contributed by atoms with E-state index in [0.29, 0.717) is 6.42 Å². The molecule has 1 heterocycles. The van der Waals surface area contributed by atoms with Crippen LogP contribution in [0, 0.1) is 0 Å². The van der Waals surface area contributed by atoms with Crippen LogP contribution in [0.15, 0.2) is 60.7 Å². The zero-order valence-corrected chi connectivity index (χ0v) is 15.2. The zero-order valence-electron chi connectivity index (χ0n) is 15.2. The van der Waals surface area contributed by atoms with Crippen molar-refractivity contribution in [3.8, 4) is 0 Å². The summed E-state index contributed by atoms with van der Waals surface area (Å²) in [6.07, 6.45) is 3.11. The Morgan fingerprint density at radius 2 is 1.56 bits per heavy atom. The van der Waals surface area contributed by atoms with Crippen molar-refractivity contribution in [3.63, 3.8) is 0 Å². The summed E-state index contributed by atoms with van der Waals surface area (Å²) in [5.41, 5.74) is 7.39. The van der Waals surface area contributed by atoms with E-state index in [1.165, 1.54) is 12.8 Å². The molecule has 3 rings (SSSR count). The summed E-state index contributed by atoms with van der Waals surface area (Å²) in [7, 11) is 0. The number of amides is 1. The number of carbonyl (C=O) groups is 1. The van der Waals surface area contributed by atoms with E-state index in [4.69, 9.17) is 5.73 Å². The van der Waals surface area contributed by atoms with Gasteiger partial charge in [0.1, 0.15) is 0 Å². The predicted molar refractivity (Wildman–Crippen MR) is 102 cm³/mol. The molecule has 3 nitrogen and oxygen atoms in total. The monoisotopic (exact) mass is 336 g/mol. The van der Waals surface area contributed by atoms with Crippen molar-refractivity contribution in [1.29, 1.82) is 0 Å². The van der Waals surface area contributed by atoms with Crippen LogP contribution in [0.3, 0.4) is 0 Å². The number of rotatable bonds is 6. The van der Waals surface area contributed by atoms with Crippen molar-refractivity contribution in [2.75, 3.05) is 13.1 Å². The molecule has 132 valence electrons. The topological polar surface area (TPSA) is 46.3 Å². The molecule has 0 spiro atoms. The van der Waals surface area contributed by atoms with Crippen molar-refractivity contribution in [3.05, 3.63) is 71.8 Å². The predicted octanol–water partition coefficient (Wildman–Crippen LogP) is 3.72. The van der Waals surface area contributed by atoms with Gasteiger partial charge in [-0.3, -0.25) is 9.69 Å². The van der Waals surface area contributed by atoms with Gasteiger partial charge < -0.3 is 5.73 Å². The van der Waals surface area contributed by atoms with Gasteiger partial charge in [0.15, 0.2) is 0 Å². The Balaban J connectivity index is 2.01. The van der Waals surface area contributed by atoms with Gasteiger partial charge in [-0.25, -0.2) is 0 Å². The highest BCUT2D eigenvalue weighted by atomic mass is 16.1. The Hall–Kier alpha value is -2.13. The van der Waals surface area contributed by atoms with Crippen LogP contribution < -0.4 is 5.73 Å². The van der Waals surface area contributed by atoms with Gasteiger partial charge in [-0.15, -0.1) is 0 Å². The Bertz CT molecular complexity index is 670. The number of primary amides is 1. The van der Waals surface area contributed by atoms with Crippen molar-refractivity contribution in [2.45, 2.75) is 44.1 Å². The molecule has 1 amide bonds. The average Bonchev–Trinajstić information content (AvgIpc) is 2.95. The van der Waals surface area contributed by atoms with Crippen LogP contribution in [0.4, 0.5) is 0 Å². The van der Waals surface area contributed by atoms with E-state index in [1.54, 1.807) is 0 Å². The van der Waals surface area contributed by atoms with Crippen LogP contribution in [0.1, 0.15) is 44.2 Å². The lowest BCUT2D eigenvalue weighted by Crippen LogP contribution is -2.47. The SMILES string of the molecule is CC1(C)CCCN1CCC(C(N)=O)(c1ccccc1)c1ccccc1. The lowest BCUT2D eigenvalue weighted by molar-refractivity contribution is -0.122. The summed E-state index contributed by atoms with van der Waals surface area (Å²) < 4.78 is 0. The molecule has 0 radical (unpaired) electrons. The van der Waals surface area contributed by atoms with E-state index < -0.39 is 5.41 Å². The van der Waals surface area contributed by atoms with Crippen LogP contribution in [-0.2, 0) is 10.2 Å². The third kappa shape index (κ3) is 3.34. The fourth-order valence-corrected chi connectivity index (χ4v) is 4.19. The first kappa shape index (κ1) is 17.7. The van der Waals surface area contributed by atoms with Gasteiger partial charge in [0, 0.05) is 12.1 Å². The molecule has 3 heteroatoms. The highest BCUT2D eigenvalue weighted by molar-refractivity contribution is 5.90. The molecule has 0 atom stereocenters. The van der Waals surface area contributed by atoms with E-state index in [2.05, 4.69) is 18.7 Å². The number of benzene rings is 2. The van der Waals surface area contributed by atoms with Crippen LogP contribution >= 0.6 is 0 Å². The highest BCUT2D eigenvalue weighted by Crippen LogP contribution is 2.37. The van der Waals surface area contributed by atoms with Crippen LogP contribution in [-0.4, -0.2) is 29.4 Å². The molecule has 1 aliphatic heterocycles. The highest BCUT2D eigenvalue weighted by Gasteiger charge is 2.42. The number of hydrogen-bond acceptors (Lipinski definition) is 2. The van der Waals surface area contributed by atoms with E-state index in [0.717, 1.165) is 24.2 Å². The van der Waals surface area contributed by atoms with Gasteiger partial charge in [0.25, 0.3) is 0 Å². The van der Waals surface area contributed by atoms with Gasteiger partial charge in [-0.05, 0) is 50.8 Å². The van der Waals surface area contributed by atoms with Gasteiger partial charge in [-0.2, -0.15) is 0 Å². The largest absolute Gasteiger partial charge is 0.369 e. The van der Waals surface area contributed by atoms with E-state index >= 15 is 0 Å². The van der Waals surface area contributed by atoms with Crippen molar-refractivity contribution < 1.29 is 4.79 Å². The minimum absolute atomic E-state index is 0.191. The van der Waals surface area contributed by atoms with Crippen LogP contribution in [0.25, 0.3) is 0 Å². The fourth-order valence-electron chi connectivity index (χ4n) is 4.19. The number of hydrogen-bond donors (Lipinski definition) is 1. The zero-order chi connectivity index (χ0) is 17.9. The lowest BCUT2D eigenvalue weighted by atomic mass is 9.71. The first-order valence-corrected chi connectivity index (χ1v) is 9.13. The molecular formula is C22H28N2O. The second kappa shape index (κ2) is 7.01. The number of nitrogens with zero attached hydrogens (tertiary/aromatic N) is 1. The van der Waals surface area contributed by atoms with Crippen LogP contribution in [0.2, 0.25) is 0 Å². The molecule has 25 heavy (non-hydrogen) atoms. The van der Waals surface area contributed by atoms with Crippen molar-refractivity contribution in [1.82, 2.24) is 4.90 Å². The molecule has 0 saturated carbocycles. The maximum absolute atomic E-state index is 12.8. The molecule has 2 aromatic carbocycles. The van der Waals surface area contributed by atoms with Gasteiger partial charge in [0.05, 0.1) is 5.41 Å². The summed E-state index contributed by atoms with van der Waals surface area (Å²) in [5.74, 6) is -0.276. The lowest BCUT2D eigenvalue weighted by Gasteiger charge is -2.37. The average molecular weight is 336 g/mol. The molecule has 0 aliphatic carbocycles. The smallest absolute Gasteiger partial charge is 0.232 e. The molecular weight excluding hydrogens is 308 g/mol. The summed E-state index contributed by atoms with van der Waals surface area (Å²) in [6.45, 7) is 6.53. The second-order valence-corrected chi connectivity index (χ2v) is 7.65. The first-order chi connectivity index (χ1) is 12.0. The summed E-state index contributed by atoms with van der Waals surface area (Å²) in [5, 5.41) is 0. The summed E-state index contributed by atoms with van der Waals surface area (Å²) in [6, 6.07) is 20.0. The molecule has 0 unspecified atom stereocenters. The third-order valence-electron chi connectivity index (χ3n) is 5.78. The molecule has 2 N–H and O–H groups in total. The minimum Gasteiger partial charge on any atom is -0.369 e. The fraction of sp³-hybridized carbons (Fsp3) is 0.409. The normalized spacial score (nSPS) is 17.5. The standard InChI is InChI=1S/C22H28N2O/c1-21(2)14-9-16-24(21)17-15-22(20(23)25,18-10-5-3-6-11-18)19-12-7-4-8-13-19/h3-8,10-13H,9,14-17H2,1-2H3,(H2,23,25). The number of likely N-dealkylation sites (tertiary alicyclic amines) is 1.